The van der Waals surface area contributed by atoms with E-state index in [-0.39, 0.29) is 10.6 Å². The normalized spacial score (nSPS) is 10.4. The van der Waals surface area contributed by atoms with Gasteiger partial charge in [0.2, 0.25) is 0 Å². The number of nitrogens with one attached hydrogen (secondary N) is 2. The summed E-state index contributed by atoms with van der Waals surface area (Å²) in [5, 5.41) is 10.7. The SMILES string of the molecule is COc1ccccc1/C=C/C(=O)NNC(=O)c1ccc(Cl)c([N+](=O)[O-])c1. The molecule has 2 rings (SSSR count). The number of nitro groups is 1. The van der Waals surface area contributed by atoms with Crippen molar-refractivity contribution in [1.82, 2.24) is 10.9 Å². The Balaban J connectivity index is 1.99. The van der Waals surface area contributed by atoms with Crippen LogP contribution in [-0.2, 0) is 4.79 Å². The Bertz CT molecular complexity index is 882. The van der Waals surface area contributed by atoms with Crippen LogP contribution in [0.15, 0.2) is 48.5 Å². The summed E-state index contributed by atoms with van der Waals surface area (Å²) in [5.74, 6) is -0.717. The van der Waals surface area contributed by atoms with Gasteiger partial charge in [-0.1, -0.05) is 29.8 Å². The van der Waals surface area contributed by atoms with Gasteiger partial charge >= 0.3 is 0 Å². The van der Waals surface area contributed by atoms with Crippen molar-refractivity contribution < 1.29 is 19.2 Å². The first-order valence-corrected chi connectivity index (χ1v) is 7.65. The van der Waals surface area contributed by atoms with Crippen molar-refractivity contribution in [3.8, 4) is 5.75 Å². The van der Waals surface area contributed by atoms with Crippen LogP contribution >= 0.6 is 11.6 Å². The van der Waals surface area contributed by atoms with Crippen molar-refractivity contribution in [2.45, 2.75) is 0 Å². The molecular weight excluding hydrogens is 362 g/mol. The summed E-state index contributed by atoms with van der Waals surface area (Å²) in [6, 6.07) is 10.6. The van der Waals surface area contributed by atoms with Crippen LogP contribution in [-0.4, -0.2) is 23.8 Å². The molecule has 26 heavy (non-hydrogen) atoms. The van der Waals surface area contributed by atoms with E-state index >= 15 is 0 Å². The van der Waals surface area contributed by atoms with Crippen LogP contribution in [0.3, 0.4) is 0 Å². The van der Waals surface area contributed by atoms with Crippen molar-refractivity contribution in [3.63, 3.8) is 0 Å². The lowest BCUT2D eigenvalue weighted by atomic mass is 10.2. The fraction of sp³-hybridized carbons (Fsp3) is 0.0588. The van der Waals surface area contributed by atoms with Crippen LogP contribution in [0.1, 0.15) is 15.9 Å². The molecule has 0 saturated heterocycles. The van der Waals surface area contributed by atoms with Gasteiger partial charge in [-0.05, 0) is 24.3 Å². The molecule has 2 N–H and O–H groups in total. The summed E-state index contributed by atoms with van der Waals surface area (Å²) < 4.78 is 5.16. The summed E-state index contributed by atoms with van der Waals surface area (Å²) in [6.45, 7) is 0. The zero-order chi connectivity index (χ0) is 19.1. The average Bonchev–Trinajstić information content (AvgIpc) is 2.64. The highest BCUT2D eigenvalue weighted by Crippen LogP contribution is 2.24. The van der Waals surface area contributed by atoms with Crippen molar-refractivity contribution in [3.05, 3.63) is 74.8 Å². The number of methoxy groups -OCH3 is 1. The van der Waals surface area contributed by atoms with E-state index in [4.69, 9.17) is 16.3 Å². The lowest BCUT2D eigenvalue weighted by Gasteiger charge is -2.06. The smallest absolute Gasteiger partial charge is 0.288 e. The Morgan fingerprint density at radius 3 is 2.62 bits per heavy atom. The number of nitro benzene ring substituents is 1. The van der Waals surface area contributed by atoms with E-state index < -0.39 is 22.4 Å². The Hall–Kier alpha value is -3.39. The monoisotopic (exact) mass is 375 g/mol. The number of hydrazine groups is 1. The number of amides is 2. The summed E-state index contributed by atoms with van der Waals surface area (Å²) in [4.78, 5) is 33.9. The third-order valence-corrected chi connectivity index (χ3v) is 3.58. The maximum Gasteiger partial charge on any atom is 0.288 e. The molecule has 0 unspecified atom stereocenters. The minimum atomic E-state index is -0.719. The topological polar surface area (TPSA) is 111 Å². The van der Waals surface area contributed by atoms with Crippen LogP contribution in [0.25, 0.3) is 6.08 Å². The molecule has 0 bridgehead atoms. The van der Waals surface area contributed by atoms with Gasteiger partial charge in [0, 0.05) is 23.3 Å². The number of nitrogens with zero attached hydrogens (tertiary/aromatic N) is 1. The second-order valence-electron chi connectivity index (χ2n) is 4.94. The minimum Gasteiger partial charge on any atom is -0.496 e. The van der Waals surface area contributed by atoms with E-state index in [1.54, 1.807) is 24.3 Å². The number of hydrogen-bond acceptors (Lipinski definition) is 5. The molecule has 2 aromatic carbocycles. The van der Waals surface area contributed by atoms with E-state index in [0.717, 1.165) is 6.07 Å². The van der Waals surface area contributed by atoms with Gasteiger partial charge in [-0.2, -0.15) is 0 Å². The molecule has 8 nitrogen and oxygen atoms in total. The third kappa shape index (κ3) is 4.81. The Morgan fingerprint density at radius 2 is 1.92 bits per heavy atom. The largest absolute Gasteiger partial charge is 0.496 e. The van der Waals surface area contributed by atoms with Crippen LogP contribution in [0.2, 0.25) is 5.02 Å². The number of rotatable bonds is 5. The van der Waals surface area contributed by atoms with Crippen molar-refractivity contribution in [2.24, 2.45) is 0 Å². The lowest BCUT2D eigenvalue weighted by molar-refractivity contribution is -0.384. The molecule has 9 heteroatoms. The molecule has 0 fully saturated rings. The Labute approximate surface area is 153 Å². The van der Waals surface area contributed by atoms with Crippen LogP contribution in [0, 0.1) is 10.1 Å². The second-order valence-corrected chi connectivity index (χ2v) is 5.35. The number of carbonyl (C=O) groups excluding carboxylic acids is 2. The van der Waals surface area contributed by atoms with Gasteiger partial charge in [-0.15, -0.1) is 0 Å². The average molecular weight is 376 g/mol. The first-order chi connectivity index (χ1) is 12.4. The molecular formula is C17H14ClN3O5. The molecule has 0 saturated carbocycles. The first kappa shape index (κ1) is 18.9. The zero-order valence-corrected chi connectivity index (χ0v) is 14.3. The molecule has 0 aliphatic heterocycles. The van der Waals surface area contributed by atoms with Crippen molar-refractivity contribution in [2.75, 3.05) is 7.11 Å². The van der Waals surface area contributed by atoms with E-state index in [1.165, 1.54) is 31.4 Å². The molecule has 0 spiro atoms. The number of carbonyl (C=O) groups is 2. The predicted molar refractivity (Wildman–Crippen MR) is 95.7 cm³/mol. The molecule has 2 aromatic rings. The summed E-state index contributed by atoms with van der Waals surface area (Å²) in [5.41, 5.74) is 4.61. The molecule has 0 atom stereocenters. The van der Waals surface area contributed by atoms with Crippen LogP contribution in [0.4, 0.5) is 5.69 Å². The summed E-state index contributed by atoms with van der Waals surface area (Å²) in [6.07, 6.45) is 2.73. The van der Waals surface area contributed by atoms with Gasteiger partial charge in [0.15, 0.2) is 0 Å². The van der Waals surface area contributed by atoms with Crippen molar-refractivity contribution in [1.29, 1.82) is 0 Å². The number of hydrogen-bond donors (Lipinski definition) is 2. The fourth-order valence-corrected chi connectivity index (χ4v) is 2.18. The second kappa shape index (κ2) is 8.63. The van der Waals surface area contributed by atoms with Gasteiger partial charge in [0.05, 0.1) is 12.0 Å². The highest BCUT2D eigenvalue weighted by atomic mass is 35.5. The lowest BCUT2D eigenvalue weighted by Crippen LogP contribution is -2.40. The molecule has 0 aliphatic rings. The Morgan fingerprint density at radius 1 is 1.19 bits per heavy atom. The van der Waals surface area contributed by atoms with Gasteiger partial charge in [0.1, 0.15) is 10.8 Å². The molecule has 0 heterocycles. The van der Waals surface area contributed by atoms with E-state index in [9.17, 15) is 19.7 Å². The number of ether oxygens (including phenoxy) is 1. The quantitative estimate of drug-likeness (QED) is 0.474. The molecule has 2 amide bonds. The molecule has 0 radical (unpaired) electrons. The van der Waals surface area contributed by atoms with E-state index in [0.29, 0.717) is 11.3 Å². The minimum absolute atomic E-state index is 0.0184. The van der Waals surface area contributed by atoms with Gasteiger partial charge in [0.25, 0.3) is 17.5 Å². The maximum atomic E-state index is 12.0. The van der Waals surface area contributed by atoms with Gasteiger partial charge < -0.3 is 4.74 Å². The zero-order valence-electron chi connectivity index (χ0n) is 13.6. The van der Waals surface area contributed by atoms with E-state index in [1.807, 2.05) is 0 Å². The highest BCUT2D eigenvalue weighted by molar-refractivity contribution is 6.32. The first-order valence-electron chi connectivity index (χ1n) is 7.27. The molecule has 0 aliphatic carbocycles. The molecule has 0 aromatic heterocycles. The van der Waals surface area contributed by atoms with Crippen molar-refractivity contribution >= 4 is 35.2 Å². The predicted octanol–water partition coefficient (Wildman–Crippen LogP) is 2.73. The maximum absolute atomic E-state index is 12.0. The van der Waals surface area contributed by atoms with Crippen LogP contribution < -0.4 is 15.6 Å². The number of para-hydroxylation sites is 1. The standard InChI is InChI=1S/C17H14ClN3O5/c1-26-15-5-3-2-4-11(15)7-9-16(22)19-20-17(23)12-6-8-13(18)14(10-12)21(24)25/h2-10H,1H3,(H,19,22)(H,20,23)/b9-7+. The van der Waals surface area contributed by atoms with E-state index in [2.05, 4.69) is 10.9 Å². The number of halogens is 1. The number of benzene rings is 2. The third-order valence-electron chi connectivity index (χ3n) is 3.26. The fourth-order valence-electron chi connectivity index (χ4n) is 2.00. The Kier molecular flexibility index (Phi) is 6.29. The van der Waals surface area contributed by atoms with Gasteiger partial charge in [-0.25, -0.2) is 0 Å². The summed E-state index contributed by atoms with van der Waals surface area (Å²) in [7, 11) is 1.51. The van der Waals surface area contributed by atoms with Crippen LogP contribution in [0.5, 0.6) is 5.75 Å². The highest BCUT2D eigenvalue weighted by Gasteiger charge is 2.16. The molecule has 134 valence electrons. The van der Waals surface area contributed by atoms with Gasteiger partial charge in [-0.3, -0.25) is 30.6 Å². The summed E-state index contributed by atoms with van der Waals surface area (Å²) >= 11 is 5.69.